The number of amides is 1. The summed E-state index contributed by atoms with van der Waals surface area (Å²) in [7, 11) is 1.21. The molecule has 1 aromatic heterocycles. The molecule has 0 aliphatic carbocycles. The highest BCUT2D eigenvalue weighted by Crippen LogP contribution is 2.45. The van der Waals surface area contributed by atoms with E-state index in [9.17, 15) is 23.9 Å². The Labute approximate surface area is 213 Å². The molecule has 35 heavy (non-hydrogen) atoms. The smallest absolute Gasteiger partial charge is 0.350 e. The average Bonchev–Trinajstić information content (AvgIpc) is 3.33. The van der Waals surface area contributed by atoms with Crippen molar-refractivity contribution in [1.29, 1.82) is 0 Å². The van der Waals surface area contributed by atoms with Crippen LogP contribution in [0.15, 0.2) is 42.0 Å². The summed E-state index contributed by atoms with van der Waals surface area (Å²) in [4.78, 5) is 44.1. The normalized spacial score (nSPS) is 17.2. The van der Waals surface area contributed by atoms with E-state index in [0.29, 0.717) is 16.8 Å². The Kier molecular flexibility index (Phi) is 6.68. The van der Waals surface area contributed by atoms with Gasteiger partial charge in [0.2, 0.25) is 0 Å². The molecule has 7 nitrogen and oxygen atoms in total. The number of aromatic nitrogens is 1. The lowest BCUT2D eigenvalue weighted by molar-refractivity contribution is -0.132. The minimum Gasteiger partial charge on any atom is -0.507 e. The molecule has 0 saturated carbocycles. The molecule has 1 unspecified atom stereocenters. The number of rotatable bonds is 4. The third-order valence-electron chi connectivity index (χ3n) is 5.51. The number of carbonyl (C=O) groups is 3. The number of nitrogens with zero attached hydrogens (tertiary/aromatic N) is 2. The van der Waals surface area contributed by atoms with Crippen molar-refractivity contribution < 1.29 is 28.6 Å². The van der Waals surface area contributed by atoms with E-state index in [-0.39, 0.29) is 31.2 Å². The number of hydrogen-bond acceptors (Lipinski definition) is 7. The molecule has 1 atom stereocenters. The topological polar surface area (TPSA) is 96.8 Å². The number of Topliss-reactive ketones (excluding diaryl/α,β-unsaturated/α-hetero) is 1. The molecular weight excluding hydrogens is 518 g/mol. The third-order valence-corrected chi connectivity index (χ3v) is 7.39. The van der Waals surface area contributed by atoms with E-state index in [1.165, 1.54) is 31.4 Å². The summed E-state index contributed by atoms with van der Waals surface area (Å²) in [5.41, 5.74) is 0.718. The van der Waals surface area contributed by atoms with Crippen molar-refractivity contribution in [2.45, 2.75) is 19.9 Å². The summed E-state index contributed by atoms with van der Waals surface area (Å²) in [5.74, 6) is -3.80. The Bertz CT molecular complexity index is 1440. The molecule has 2 aromatic carbocycles. The molecule has 4 rings (SSSR count). The summed E-state index contributed by atoms with van der Waals surface area (Å²) < 4.78 is 19.0. The van der Waals surface area contributed by atoms with Gasteiger partial charge < -0.3 is 9.84 Å². The van der Waals surface area contributed by atoms with E-state index in [1.807, 2.05) is 0 Å². The van der Waals surface area contributed by atoms with Crippen LogP contribution in [0.2, 0.25) is 10.0 Å². The van der Waals surface area contributed by atoms with Crippen molar-refractivity contribution in [3.63, 3.8) is 0 Å². The number of esters is 1. The number of anilines is 1. The summed E-state index contributed by atoms with van der Waals surface area (Å²) in [6, 6.07) is 7.27. The van der Waals surface area contributed by atoms with E-state index in [4.69, 9.17) is 27.9 Å². The van der Waals surface area contributed by atoms with Gasteiger partial charge in [0.05, 0.1) is 34.5 Å². The van der Waals surface area contributed by atoms with Gasteiger partial charge in [0.25, 0.3) is 5.78 Å². The van der Waals surface area contributed by atoms with E-state index < -0.39 is 35.3 Å². The van der Waals surface area contributed by atoms with Crippen molar-refractivity contribution in [1.82, 2.24) is 4.98 Å². The molecule has 1 saturated heterocycles. The molecule has 0 spiro atoms. The van der Waals surface area contributed by atoms with Crippen molar-refractivity contribution in [3.05, 3.63) is 85.1 Å². The average molecular weight is 535 g/mol. The van der Waals surface area contributed by atoms with Crippen LogP contribution in [-0.2, 0) is 14.3 Å². The van der Waals surface area contributed by atoms with Gasteiger partial charge in [0, 0.05) is 5.56 Å². The van der Waals surface area contributed by atoms with Gasteiger partial charge in [-0.1, -0.05) is 52.7 Å². The zero-order valence-electron chi connectivity index (χ0n) is 18.6. The first-order valence-corrected chi connectivity index (χ1v) is 11.7. The molecule has 180 valence electrons. The Morgan fingerprint density at radius 2 is 1.86 bits per heavy atom. The molecule has 1 aliphatic rings. The number of ether oxygens (including phenoxy) is 1. The van der Waals surface area contributed by atoms with Crippen molar-refractivity contribution in [3.8, 4) is 0 Å². The second kappa shape index (κ2) is 9.41. The molecular formula is C24H17Cl2FN2O5S. The Morgan fingerprint density at radius 3 is 2.49 bits per heavy atom. The number of aryl methyl sites for hydroxylation is 2. The van der Waals surface area contributed by atoms with Gasteiger partial charge in [0.1, 0.15) is 16.5 Å². The number of halogens is 3. The first kappa shape index (κ1) is 24.8. The fourth-order valence-corrected chi connectivity index (χ4v) is 5.01. The largest absolute Gasteiger partial charge is 0.507 e. The zero-order chi connectivity index (χ0) is 25.6. The lowest BCUT2D eigenvalue weighted by Gasteiger charge is -2.23. The summed E-state index contributed by atoms with van der Waals surface area (Å²) in [5, 5.41) is 11.5. The van der Waals surface area contributed by atoms with Gasteiger partial charge in [0.15, 0.2) is 5.13 Å². The molecule has 1 fully saturated rings. The number of aliphatic hydroxyl groups is 1. The molecule has 1 N–H and O–H groups in total. The highest BCUT2D eigenvalue weighted by Gasteiger charge is 2.48. The van der Waals surface area contributed by atoms with Gasteiger partial charge >= 0.3 is 11.9 Å². The monoisotopic (exact) mass is 534 g/mol. The third kappa shape index (κ3) is 4.31. The van der Waals surface area contributed by atoms with Crippen molar-refractivity contribution in [2.75, 3.05) is 12.0 Å². The van der Waals surface area contributed by atoms with Crippen LogP contribution in [0.5, 0.6) is 0 Å². The predicted molar refractivity (Wildman–Crippen MR) is 131 cm³/mol. The van der Waals surface area contributed by atoms with E-state index >= 15 is 0 Å². The molecule has 1 amide bonds. The molecule has 1 aliphatic heterocycles. The quantitative estimate of drug-likeness (QED) is 0.202. The van der Waals surface area contributed by atoms with Gasteiger partial charge in [-0.25, -0.2) is 14.2 Å². The van der Waals surface area contributed by atoms with Crippen LogP contribution in [-0.4, -0.2) is 34.9 Å². The minimum absolute atomic E-state index is 0.0155. The van der Waals surface area contributed by atoms with Gasteiger partial charge in [-0.2, -0.15) is 0 Å². The van der Waals surface area contributed by atoms with Crippen molar-refractivity contribution >= 4 is 63.1 Å². The summed E-state index contributed by atoms with van der Waals surface area (Å²) in [6.45, 7) is 3.11. The van der Waals surface area contributed by atoms with Crippen LogP contribution in [0, 0.1) is 19.7 Å². The molecule has 2 heterocycles. The lowest BCUT2D eigenvalue weighted by Crippen LogP contribution is -2.29. The summed E-state index contributed by atoms with van der Waals surface area (Å²) in [6.07, 6.45) is 0. The zero-order valence-corrected chi connectivity index (χ0v) is 20.9. The van der Waals surface area contributed by atoms with Gasteiger partial charge in [-0.05, 0) is 43.2 Å². The highest BCUT2D eigenvalue weighted by atomic mass is 35.5. The van der Waals surface area contributed by atoms with Crippen molar-refractivity contribution in [2.24, 2.45) is 0 Å². The number of methoxy groups -OCH3 is 1. The first-order chi connectivity index (χ1) is 16.5. The van der Waals surface area contributed by atoms with Gasteiger partial charge in [-0.3, -0.25) is 14.5 Å². The maximum atomic E-state index is 14.2. The Morgan fingerprint density at radius 1 is 1.14 bits per heavy atom. The number of benzene rings is 2. The molecule has 11 heteroatoms. The van der Waals surface area contributed by atoms with E-state index in [2.05, 4.69) is 4.98 Å². The fraction of sp³-hybridized carbons (Fsp3) is 0.167. The van der Waals surface area contributed by atoms with Gasteiger partial charge in [-0.15, -0.1) is 0 Å². The van der Waals surface area contributed by atoms with E-state index in [1.54, 1.807) is 19.9 Å². The standard InChI is InChI=1S/C24H17Cl2FN2O5S/c1-10-4-5-13(9-16(10)27)19(30)17-18(12-6-7-14(25)15(26)8-12)29(22(32)20(17)31)24-28-11(2)21(35-24)23(33)34-3/h4-9,18,30H,1-3H3/b19-17+. The number of carbonyl (C=O) groups excluding carboxylic acids is 3. The Balaban J connectivity index is 1.97. The number of thiazole rings is 1. The SMILES string of the molecule is COC(=O)c1sc(N2C(=O)C(=O)/C(=C(/O)c3ccc(C)c(F)c3)C2c2ccc(Cl)c(Cl)c2)nc1C. The fourth-order valence-electron chi connectivity index (χ4n) is 3.69. The minimum atomic E-state index is -1.18. The lowest BCUT2D eigenvalue weighted by atomic mass is 9.95. The van der Waals surface area contributed by atoms with Crippen LogP contribution >= 0.6 is 34.5 Å². The first-order valence-electron chi connectivity index (χ1n) is 10.1. The second-order valence-corrected chi connectivity index (χ2v) is 9.50. The van der Waals surface area contributed by atoms with Crippen LogP contribution in [0.4, 0.5) is 9.52 Å². The van der Waals surface area contributed by atoms with Crippen LogP contribution in [0.1, 0.15) is 38.1 Å². The predicted octanol–water partition coefficient (Wildman–Crippen LogP) is 5.62. The molecule has 0 radical (unpaired) electrons. The summed E-state index contributed by atoms with van der Waals surface area (Å²) >= 11 is 13.1. The van der Waals surface area contributed by atoms with Crippen LogP contribution in [0.3, 0.4) is 0 Å². The molecule has 3 aromatic rings. The van der Waals surface area contributed by atoms with E-state index in [0.717, 1.165) is 22.3 Å². The number of aliphatic hydroxyl groups excluding tert-OH is 1. The second-order valence-electron chi connectivity index (χ2n) is 7.71. The molecule has 0 bridgehead atoms. The maximum absolute atomic E-state index is 14.2. The number of hydrogen-bond donors (Lipinski definition) is 1. The Hall–Kier alpha value is -3.27. The highest BCUT2D eigenvalue weighted by molar-refractivity contribution is 7.17. The maximum Gasteiger partial charge on any atom is 0.350 e. The number of ketones is 1. The van der Waals surface area contributed by atoms with Crippen LogP contribution < -0.4 is 4.90 Å². The van der Waals surface area contributed by atoms with Crippen LogP contribution in [0.25, 0.3) is 5.76 Å².